The molecule has 0 N–H and O–H groups in total. The highest BCUT2D eigenvalue weighted by atomic mass is 79.9. The molecule has 10 rings (SSSR count). The average molecular weight is 1090 g/mol. The Labute approximate surface area is 445 Å². The lowest BCUT2D eigenvalue weighted by Crippen LogP contribution is -2.34. The summed E-state index contributed by atoms with van der Waals surface area (Å²) in [5.74, 6) is 1.32. The van der Waals surface area contributed by atoms with E-state index in [9.17, 15) is 28.8 Å². The Morgan fingerprint density at radius 2 is 0.961 bits per heavy atom. The highest BCUT2D eigenvalue weighted by molar-refractivity contribution is 9.10. The van der Waals surface area contributed by atoms with Gasteiger partial charge in [0.05, 0.1) is 58.3 Å². The van der Waals surface area contributed by atoms with Crippen LogP contribution in [0.3, 0.4) is 0 Å². The summed E-state index contributed by atoms with van der Waals surface area (Å²) < 4.78 is 27.7. The fraction of sp³-hybridized carbons (Fsp3) is 0.241. The molecule has 0 aliphatic carbocycles. The van der Waals surface area contributed by atoms with Crippen LogP contribution in [-0.4, -0.2) is 107 Å². The van der Waals surface area contributed by atoms with E-state index in [1.807, 2.05) is 61.5 Å². The van der Waals surface area contributed by atoms with Gasteiger partial charge in [-0.05, 0) is 119 Å². The monoisotopic (exact) mass is 1090 g/mol. The third-order valence-corrected chi connectivity index (χ3v) is 14.4. The lowest BCUT2D eigenvalue weighted by molar-refractivity contribution is 0.0639. The number of aromatic nitrogens is 4. The quantitative estimate of drug-likeness (QED) is 0.0538. The number of benzene rings is 6. The van der Waals surface area contributed by atoms with Crippen LogP contribution in [0.1, 0.15) is 64.2 Å². The molecular weight excluding hydrogens is 1030 g/mol. The van der Waals surface area contributed by atoms with E-state index in [-0.39, 0.29) is 87.0 Å². The van der Waals surface area contributed by atoms with Gasteiger partial charge in [0, 0.05) is 63.3 Å². The number of imide groups is 2. The van der Waals surface area contributed by atoms with Crippen LogP contribution < -0.4 is 35.0 Å². The van der Waals surface area contributed by atoms with Gasteiger partial charge in [0.1, 0.15) is 24.9 Å². The number of carbonyl (C=O) groups excluding carboxylic acids is 4. The second-order valence-electron chi connectivity index (χ2n) is 18.5. The third-order valence-electron chi connectivity index (χ3n) is 13.7. The topological polar surface area (TPSA) is 185 Å². The minimum atomic E-state index is -0.376. The van der Waals surface area contributed by atoms with Crippen molar-refractivity contribution in [3.05, 3.63) is 192 Å². The fourth-order valence-electron chi connectivity index (χ4n) is 9.72. The molecule has 76 heavy (non-hydrogen) atoms. The molecule has 0 saturated carbocycles. The molecule has 2 aliphatic rings. The first kappa shape index (κ1) is 50.9. The largest absolute Gasteiger partial charge is 0.493 e. The summed E-state index contributed by atoms with van der Waals surface area (Å²) >= 11 is 3.53. The minimum Gasteiger partial charge on any atom is -0.493 e. The number of hydrogen-bond donors (Lipinski definition) is 0. The molecule has 4 amide bonds. The highest BCUT2D eigenvalue weighted by Crippen LogP contribution is 2.32. The Kier molecular flexibility index (Phi) is 14.5. The van der Waals surface area contributed by atoms with E-state index in [1.165, 1.54) is 9.80 Å². The Bertz CT molecular complexity index is 3690. The Hall–Kier alpha value is -8.64. The molecule has 0 unspecified atom stereocenters. The minimum absolute atomic E-state index is 0.0474. The number of amides is 4. The molecule has 0 radical (unpaired) electrons. The number of ether oxygens (including phenoxy) is 4. The number of rotatable bonds is 20. The lowest BCUT2D eigenvalue weighted by Gasteiger charge is -2.19. The molecule has 2 aliphatic heterocycles. The third kappa shape index (κ3) is 9.90. The van der Waals surface area contributed by atoms with E-state index < -0.39 is 0 Å². The predicted octanol–water partition coefficient (Wildman–Crippen LogP) is 7.57. The van der Waals surface area contributed by atoms with E-state index in [0.717, 1.165) is 16.8 Å². The highest BCUT2D eigenvalue weighted by Gasteiger charge is 2.36. The van der Waals surface area contributed by atoms with Crippen LogP contribution in [0.4, 0.5) is 5.69 Å². The molecule has 18 heteroatoms. The van der Waals surface area contributed by atoms with Crippen LogP contribution in [0.15, 0.2) is 135 Å². The summed E-state index contributed by atoms with van der Waals surface area (Å²) in [6.07, 6.45) is 1.15. The maximum atomic E-state index is 14.3. The van der Waals surface area contributed by atoms with Crippen molar-refractivity contribution in [2.45, 2.75) is 38.8 Å². The molecule has 2 aromatic heterocycles. The SMILES string of the molecule is COc1ccc(CCn2c(CCN3C(=O)c4ccccc4C3=O)nc3ccc(N(C)C)cc3c2=O)cc1OCCOc1cc(CCn2c(CCN3C(=O)c4ccccc4C3=O)nc3cccc(Br)c3c2=O)ccc1OC. The van der Waals surface area contributed by atoms with Gasteiger partial charge < -0.3 is 23.8 Å². The lowest BCUT2D eigenvalue weighted by atomic mass is 10.1. The molecule has 17 nitrogen and oxygen atoms in total. The first-order chi connectivity index (χ1) is 36.8. The molecule has 0 fully saturated rings. The number of carbonyl (C=O) groups is 4. The number of hydrogen-bond acceptors (Lipinski definition) is 13. The molecule has 0 saturated heterocycles. The van der Waals surface area contributed by atoms with Gasteiger partial charge in [0.15, 0.2) is 23.0 Å². The van der Waals surface area contributed by atoms with Gasteiger partial charge in [-0.25, -0.2) is 9.97 Å². The van der Waals surface area contributed by atoms with Gasteiger partial charge in [-0.3, -0.25) is 47.7 Å². The summed E-state index contributed by atoms with van der Waals surface area (Å²) in [5, 5.41) is 0.875. The first-order valence-corrected chi connectivity index (χ1v) is 25.5. The molecule has 386 valence electrons. The van der Waals surface area contributed by atoms with E-state index in [0.29, 0.717) is 96.0 Å². The molecule has 0 bridgehead atoms. The van der Waals surface area contributed by atoms with Crippen molar-refractivity contribution in [3.8, 4) is 23.0 Å². The standard InChI is InChI=1S/C58H52BrN7O10/c1-62(2)37-18-19-44-42(34-37)57(71)63(50(60-44)24-28-65-53(67)38-10-5-6-11-39(38)54(65)68)26-22-35-16-20-46(73-3)48(32-35)75-30-31-76-49-33-36(17-21-47(49)74-4)23-27-64-51(61-45-15-9-14-43(59)52(45)58(64)72)25-29-66-55(69)40-12-7-8-13-41(40)56(66)70/h5-21,32-34H,22-31H2,1-4H3. The normalized spacial score (nSPS) is 13.0. The number of halogens is 1. The molecular formula is C58H52BrN7O10. The van der Waals surface area contributed by atoms with E-state index in [2.05, 4.69) is 15.9 Å². The van der Waals surface area contributed by atoms with Crippen LogP contribution in [0, 0.1) is 0 Å². The summed E-state index contributed by atoms with van der Waals surface area (Å²) in [5.41, 5.74) is 4.50. The van der Waals surface area contributed by atoms with Gasteiger partial charge in [-0.1, -0.05) is 42.5 Å². The van der Waals surface area contributed by atoms with Crippen molar-refractivity contribution in [3.63, 3.8) is 0 Å². The second-order valence-corrected chi connectivity index (χ2v) is 19.3. The second kappa shape index (κ2) is 21.7. The molecule has 0 spiro atoms. The summed E-state index contributed by atoms with van der Waals surface area (Å²) in [6.45, 7) is 0.838. The maximum absolute atomic E-state index is 14.3. The van der Waals surface area contributed by atoms with E-state index in [4.69, 9.17) is 28.9 Å². The predicted molar refractivity (Wildman–Crippen MR) is 289 cm³/mol. The van der Waals surface area contributed by atoms with Gasteiger partial charge in [-0.2, -0.15) is 0 Å². The van der Waals surface area contributed by atoms with E-state index in [1.54, 1.807) is 102 Å². The van der Waals surface area contributed by atoms with Crippen LogP contribution in [0.2, 0.25) is 0 Å². The van der Waals surface area contributed by atoms with Crippen molar-refractivity contribution in [2.24, 2.45) is 0 Å². The van der Waals surface area contributed by atoms with Crippen molar-refractivity contribution < 1.29 is 38.1 Å². The zero-order valence-corrected chi connectivity index (χ0v) is 43.8. The summed E-state index contributed by atoms with van der Waals surface area (Å²) in [7, 11) is 6.90. The number of anilines is 1. The molecule has 6 aromatic carbocycles. The van der Waals surface area contributed by atoms with Crippen LogP contribution >= 0.6 is 15.9 Å². The Morgan fingerprint density at radius 3 is 1.43 bits per heavy atom. The smallest absolute Gasteiger partial charge is 0.262 e. The Morgan fingerprint density at radius 1 is 0.487 bits per heavy atom. The number of nitrogens with zero attached hydrogens (tertiary/aromatic N) is 7. The van der Waals surface area contributed by atoms with Gasteiger partial charge in [0.25, 0.3) is 34.7 Å². The summed E-state index contributed by atoms with van der Waals surface area (Å²) in [4.78, 5) is 95.5. The van der Waals surface area contributed by atoms with Crippen LogP contribution in [-0.2, 0) is 38.8 Å². The van der Waals surface area contributed by atoms with Crippen LogP contribution in [0.5, 0.6) is 23.0 Å². The zero-order valence-electron chi connectivity index (χ0n) is 42.2. The average Bonchev–Trinajstić information content (AvgIpc) is 3.82. The van der Waals surface area contributed by atoms with Crippen molar-refractivity contribution in [1.29, 1.82) is 0 Å². The van der Waals surface area contributed by atoms with Gasteiger partial charge in [-0.15, -0.1) is 0 Å². The summed E-state index contributed by atoms with van der Waals surface area (Å²) in [6, 6.07) is 35.4. The van der Waals surface area contributed by atoms with Gasteiger partial charge in [0.2, 0.25) is 0 Å². The first-order valence-electron chi connectivity index (χ1n) is 24.7. The maximum Gasteiger partial charge on any atom is 0.262 e. The Balaban J connectivity index is 0.817. The van der Waals surface area contributed by atoms with Gasteiger partial charge >= 0.3 is 0 Å². The number of fused-ring (bicyclic) bond motifs is 4. The number of methoxy groups -OCH3 is 2. The molecule has 0 atom stereocenters. The molecule has 4 heterocycles. The fourth-order valence-corrected chi connectivity index (χ4v) is 10.2. The molecule has 8 aromatic rings. The van der Waals surface area contributed by atoms with Crippen molar-refractivity contribution in [1.82, 2.24) is 28.9 Å². The van der Waals surface area contributed by atoms with Crippen molar-refractivity contribution >= 4 is 67.1 Å². The van der Waals surface area contributed by atoms with Crippen LogP contribution in [0.25, 0.3) is 21.8 Å². The van der Waals surface area contributed by atoms with E-state index >= 15 is 0 Å². The zero-order chi connectivity index (χ0) is 53.2. The van der Waals surface area contributed by atoms with Crippen molar-refractivity contribution in [2.75, 3.05) is 59.5 Å². The number of aryl methyl sites for hydroxylation is 2.